The van der Waals surface area contributed by atoms with Crippen LogP contribution in [0.15, 0.2) is 42.4 Å². The minimum Gasteiger partial charge on any atom is -0.371 e. The Balaban J connectivity index is 2.04. The maximum Gasteiger partial charge on any atom is 0.0360 e. The maximum absolute atomic E-state index is 4.21. The van der Waals surface area contributed by atoms with Crippen molar-refractivity contribution in [1.82, 2.24) is 9.88 Å². The highest BCUT2D eigenvalue weighted by molar-refractivity contribution is 5.77. The summed E-state index contributed by atoms with van der Waals surface area (Å²) in [6.07, 6.45) is 12.2. The van der Waals surface area contributed by atoms with Crippen LogP contribution in [0.2, 0.25) is 0 Å². The topological polar surface area (TPSA) is 16.1 Å². The smallest absolute Gasteiger partial charge is 0.0360 e. The third-order valence-electron chi connectivity index (χ3n) is 3.37. The molecule has 0 saturated carbocycles. The van der Waals surface area contributed by atoms with Gasteiger partial charge in [0.2, 0.25) is 0 Å². The van der Waals surface area contributed by atoms with Crippen LogP contribution in [0.25, 0.3) is 5.57 Å². The van der Waals surface area contributed by atoms with Crippen LogP contribution in [-0.4, -0.2) is 23.0 Å². The molecule has 1 aromatic rings. The van der Waals surface area contributed by atoms with E-state index in [4.69, 9.17) is 0 Å². The fourth-order valence-electron chi connectivity index (χ4n) is 2.57. The van der Waals surface area contributed by atoms with Crippen LogP contribution < -0.4 is 0 Å². The first-order valence-corrected chi connectivity index (χ1v) is 6.00. The van der Waals surface area contributed by atoms with Gasteiger partial charge in [0.25, 0.3) is 0 Å². The first kappa shape index (κ1) is 9.64. The van der Waals surface area contributed by atoms with E-state index in [1.165, 1.54) is 42.6 Å². The molecule has 2 aliphatic rings. The molecule has 0 aromatic carbocycles. The van der Waals surface area contributed by atoms with Crippen molar-refractivity contribution in [2.45, 2.75) is 19.3 Å². The van der Waals surface area contributed by atoms with Crippen molar-refractivity contribution in [2.24, 2.45) is 0 Å². The Morgan fingerprint density at radius 1 is 1.25 bits per heavy atom. The van der Waals surface area contributed by atoms with E-state index in [9.17, 15) is 0 Å². The molecule has 0 bridgehead atoms. The summed E-state index contributed by atoms with van der Waals surface area (Å²) in [4.78, 5) is 6.72. The first-order valence-electron chi connectivity index (χ1n) is 6.00. The van der Waals surface area contributed by atoms with Crippen molar-refractivity contribution in [3.8, 4) is 0 Å². The molecule has 0 unspecified atom stereocenters. The zero-order valence-electron chi connectivity index (χ0n) is 9.39. The van der Waals surface area contributed by atoms with Gasteiger partial charge in [0.15, 0.2) is 0 Å². The van der Waals surface area contributed by atoms with Crippen molar-refractivity contribution >= 4 is 5.57 Å². The lowest BCUT2D eigenvalue weighted by atomic mass is 9.95. The minimum atomic E-state index is 1.08. The number of rotatable bonds is 1. The van der Waals surface area contributed by atoms with Gasteiger partial charge in [0.05, 0.1) is 0 Å². The molecule has 0 amide bonds. The van der Waals surface area contributed by atoms with Crippen molar-refractivity contribution in [2.75, 3.05) is 13.1 Å². The third-order valence-corrected chi connectivity index (χ3v) is 3.37. The Labute approximate surface area is 96.3 Å². The van der Waals surface area contributed by atoms with E-state index in [0.29, 0.717) is 0 Å². The summed E-state index contributed by atoms with van der Waals surface area (Å²) in [7, 11) is 0. The van der Waals surface area contributed by atoms with E-state index >= 15 is 0 Å². The van der Waals surface area contributed by atoms with Crippen LogP contribution in [-0.2, 0) is 0 Å². The molecule has 3 heterocycles. The number of aromatic nitrogens is 1. The highest BCUT2D eigenvalue weighted by Gasteiger charge is 2.20. The van der Waals surface area contributed by atoms with Gasteiger partial charge in [-0.25, -0.2) is 0 Å². The zero-order chi connectivity index (χ0) is 10.8. The molecule has 2 aliphatic heterocycles. The monoisotopic (exact) mass is 212 g/mol. The fraction of sp³-hybridized carbons (Fsp3) is 0.357. The standard InChI is InChI=1S/C14H16N2/c1-2-9-16-10-4-6-13(14(16)7-1)12-5-3-8-15-11-12/h3-6,8,11H,1-2,7,9-10H2. The van der Waals surface area contributed by atoms with E-state index in [1.54, 1.807) is 0 Å². The molecule has 2 heteroatoms. The molecule has 0 N–H and O–H groups in total. The summed E-state index contributed by atoms with van der Waals surface area (Å²) in [5.41, 5.74) is 4.14. The van der Waals surface area contributed by atoms with Gasteiger partial charge in [-0.1, -0.05) is 18.2 Å². The van der Waals surface area contributed by atoms with Crippen LogP contribution in [0, 0.1) is 0 Å². The predicted octanol–water partition coefficient (Wildman–Crippen LogP) is 2.85. The number of fused-ring (bicyclic) bond motifs is 1. The lowest BCUT2D eigenvalue weighted by Crippen LogP contribution is -2.30. The molecule has 0 aliphatic carbocycles. The zero-order valence-corrected chi connectivity index (χ0v) is 9.39. The number of piperidine rings is 1. The molecule has 0 spiro atoms. The summed E-state index contributed by atoms with van der Waals surface area (Å²) in [5.74, 6) is 0. The molecular formula is C14H16N2. The SMILES string of the molecule is C1=CC(c2cccnc2)=C2CCCCN2C1. The molecule has 16 heavy (non-hydrogen) atoms. The molecule has 1 fully saturated rings. The van der Waals surface area contributed by atoms with Crippen molar-refractivity contribution in [3.63, 3.8) is 0 Å². The molecule has 0 atom stereocenters. The van der Waals surface area contributed by atoms with E-state index in [2.05, 4.69) is 28.1 Å². The summed E-state index contributed by atoms with van der Waals surface area (Å²) in [6, 6.07) is 4.16. The van der Waals surface area contributed by atoms with E-state index < -0.39 is 0 Å². The van der Waals surface area contributed by atoms with Crippen molar-refractivity contribution in [3.05, 3.63) is 47.9 Å². The Morgan fingerprint density at radius 2 is 2.25 bits per heavy atom. The third kappa shape index (κ3) is 1.64. The second-order valence-electron chi connectivity index (χ2n) is 4.41. The van der Waals surface area contributed by atoms with Crippen LogP contribution in [0.3, 0.4) is 0 Å². The van der Waals surface area contributed by atoms with Gasteiger partial charge < -0.3 is 4.90 Å². The van der Waals surface area contributed by atoms with Gasteiger partial charge >= 0.3 is 0 Å². The average Bonchev–Trinajstić information content (AvgIpc) is 2.39. The molecule has 1 saturated heterocycles. The maximum atomic E-state index is 4.21. The van der Waals surface area contributed by atoms with E-state index in [1.807, 2.05) is 18.5 Å². The van der Waals surface area contributed by atoms with Gasteiger partial charge in [-0.05, 0) is 25.3 Å². The molecular weight excluding hydrogens is 196 g/mol. The van der Waals surface area contributed by atoms with Crippen LogP contribution in [0.5, 0.6) is 0 Å². The first-order chi connectivity index (χ1) is 7.95. The van der Waals surface area contributed by atoms with Crippen molar-refractivity contribution < 1.29 is 0 Å². The number of hydrogen-bond donors (Lipinski definition) is 0. The number of allylic oxidation sites excluding steroid dienone is 3. The molecule has 3 rings (SSSR count). The number of pyridine rings is 1. The predicted molar refractivity (Wildman–Crippen MR) is 65.7 cm³/mol. The summed E-state index contributed by atoms with van der Waals surface area (Å²) >= 11 is 0. The van der Waals surface area contributed by atoms with E-state index in [0.717, 1.165) is 6.54 Å². The number of nitrogens with zero attached hydrogens (tertiary/aromatic N) is 2. The van der Waals surface area contributed by atoms with Gasteiger partial charge in [-0.3, -0.25) is 4.98 Å². The minimum absolute atomic E-state index is 1.08. The fourth-order valence-corrected chi connectivity index (χ4v) is 2.57. The van der Waals surface area contributed by atoms with Gasteiger partial charge in [0, 0.05) is 42.3 Å². The summed E-state index contributed by atoms with van der Waals surface area (Å²) in [6.45, 7) is 2.29. The van der Waals surface area contributed by atoms with Gasteiger partial charge in [-0.15, -0.1) is 0 Å². The Kier molecular flexibility index (Phi) is 2.49. The second kappa shape index (κ2) is 4.12. The molecule has 2 nitrogen and oxygen atoms in total. The Bertz CT molecular complexity index is 431. The van der Waals surface area contributed by atoms with Gasteiger partial charge in [-0.2, -0.15) is 0 Å². The van der Waals surface area contributed by atoms with Crippen molar-refractivity contribution in [1.29, 1.82) is 0 Å². The highest BCUT2D eigenvalue weighted by Crippen LogP contribution is 2.31. The average molecular weight is 212 g/mol. The second-order valence-corrected chi connectivity index (χ2v) is 4.41. The molecule has 1 aromatic heterocycles. The lowest BCUT2D eigenvalue weighted by molar-refractivity contribution is 0.316. The summed E-state index contributed by atoms with van der Waals surface area (Å²) < 4.78 is 0. The number of hydrogen-bond acceptors (Lipinski definition) is 2. The van der Waals surface area contributed by atoms with Crippen LogP contribution >= 0.6 is 0 Å². The van der Waals surface area contributed by atoms with Crippen LogP contribution in [0.1, 0.15) is 24.8 Å². The lowest BCUT2D eigenvalue weighted by Gasteiger charge is -2.34. The van der Waals surface area contributed by atoms with Crippen LogP contribution in [0.4, 0.5) is 0 Å². The molecule has 82 valence electrons. The van der Waals surface area contributed by atoms with Gasteiger partial charge in [0.1, 0.15) is 0 Å². The Morgan fingerprint density at radius 3 is 3.12 bits per heavy atom. The quantitative estimate of drug-likeness (QED) is 0.711. The normalized spacial score (nSPS) is 19.9. The Hall–Kier alpha value is -1.57. The van der Waals surface area contributed by atoms with E-state index in [-0.39, 0.29) is 0 Å². The largest absolute Gasteiger partial charge is 0.371 e. The highest BCUT2D eigenvalue weighted by atomic mass is 15.1. The summed E-state index contributed by atoms with van der Waals surface area (Å²) in [5, 5.41) is 0. The molecule has 0 radical (unpaired) electrons.